The van der Waals surface area contributed by atoms with Crippen molar-refractivity contribution in [2.75, 3.05) is 19.7 Å². The summed E-state index contributed by atoms with van der Waals surface area (Å²) in [6.07, 6.45) is -0.699. The highest BCUT2D eigenvalue weighted by molar-refractivity contribution is 6.31. The minimum Gasteiger partial charge on any atom is -0.366 e. The van der Waals surface area contributed by atoms with Crippen LogP contribution in [0, 0.1) is 11.6 Å². The molecule has 0 saturated carbocycles. The van der Waals surface area contributed by atoms with Gasteiger partial charge in [-0.2, -0.15) is 0 Å². The molecule has 8 heteroatoms. The van der Waals surface area contributed by atoms with Crippen LogP contribution in [-0.4, -0.2) is 31.7 Å². The number of rotatable bonds is 4. The molecule has 2 aromatic rings. The first-order valence-corrected chi connectivity index (χ1v) is 8.26. The second-order valence-electron chi connectivity index (χ2n) is 5.69. The van der Waals surface area contributed by atoms with Crippen molar-refractivity contribution in [3.8, 4) is 0 Å². The number of amides is 1. The number of morpholine rings is 1. The predicted molar refractivity (Wildman–Crippen MR) is 97.7 cm³/mol. The molecule has 1 aliphatic rings. The average Bonchev–Trinajstić information content (AvgIpc) is 2.63. The van der Waals surface area contributed by atoms with E-state index in [2.05, 4.69) is 10.6 Å². The second-order valence-corrected chi connectivity index (χ2v) is 6.10. The third-order valence-corrected chi connectivity index (χ3v) is 4.34. The molecule has 2 aromatic carbocycles. The van der Waals surface area contributed by atoms with Gasteiger partial charge in [0.1, 0.15) is 17.7 Å². The van der Waals surface area contributed by atoms with Crippen LogP contribution in [0.3, 0.4) is 0 Å². The smallest absolute Gasteiger partial charge is 0.251 e. The molecule has 4 nitrogen and oxygen atoms in total. The standard InChI is InChI=1S/C18H17ClF2N2O2.ClH/c19-14-4-2-1-3-12(14)17(13-9-11(20)5-6-15(13)21)23-18(24)16-10-22-7-8-25-16;/h1-6,9,16-17,22H,7-8,10H2,(H,23,24);1H. The van der Waals surface area contributed by atoms with Gasteiger partial charge in [0.25, 0.3) is 5.91 Å². The molecule has 0 aliphatic carbocycles. The van der Waals surface area contributed by atoms with Gasteiger partial charge in [-0.3, -0.25) is 4.79 Å². The average molecular weight is 403 g/mol. The number of halogens is 4. The molecule has 1 amide bonds. The van der Waals surface area contributed by atoms with Crippen LogP contribution in [-0.2, 0) is 9.53 Å². The van der Waals surface area contributed by atoms with E-state index in [4.69, 9.17) is 16.3 Å². The van der Waals surface area contributed by atoms with Crippen molar-refractivity contribution in [2.45, 2.75) is 12.1 Å². The molecule has 26 heavy (non-hydrogen) atoms. The van der Waals surface area contributed by atoms with Crippen molar-refractivity contribution in [3.05, 3.63) is 70.2 Å². The van der Waals surface area contributed by atoms with Gasteiger partial charge in [-0.1, -0.05) is 29.8 Å². The van der Waals surface area contributed by atoms with E-state index in [1.54, 1.807) is 24.3 Å². The van der Waals surface area contributed by atoms with Gasteiger partial charge in [-0.25, -0.2) is 8.78 Å². The zero-order chi connectivity index (χ0) is 17.8. The van der Waals surface area contributed by atoms with Crippen LogP contribution in [0.4, 0.5) is 8.78 Å². The fourth-order valence-electron chi connectivity index (χ4n) is 2.74. The first kappa shape index (κ1) is 20.6. The van der Waals surface area contributed by atoms with E-state index in [0.29, 0.717) is 30.3 Å². The van der Waals surface area contributed by atoms with E-state index < -0.39 is 29.7 Å². The molecule has 2 N–H and O–H groups in total. The number of hydrogen-bond donors (Lipinski definition) is 2. The van der Waals surface area contributed by atoms with Crippen LogP contribution in [0.15, 0.2) is 42.5 Å². The Hall–Kier alpha value is -1.73. The van der Waals surface area contributed by atoms with Crippen LogP contribution in [0.1, 0.15) is 17.2 Å². The highest BCUT2D eigenvalue weighted by atomic mass is 35.5. The topological polar surface area (TPSA) is 50.4 Å². The molecule has 140 valence electrons. The van der Waals surface area contributed by atoms with Gasteiger partial charge in [-0.15, -0.1) is 12.4 Å². The van der Waals surface area contributed by atoms with Gasteiger partial charge in [0.05, 0.1) is 12.6 Å². The SMILES string of the molecule is Cl.O=C(NC(c1cc(F)ccc1F)c1ccccc1Cl)C1CNCCO1. The monoisotopic (exact) mass is 402 g/mol. The van der Waals surface area contributed by atoms with Gasteiger partial charge in [0, 0.05) is 23.7 Å². The summed E-state index contributed by atoms with van der Waals surface area (Å²) < 4.78 is 33.4. The van der Waals surface area contributed by atoms with Gasteiger partial charge >= 0.3 is 0 Å². The number of hydrogen-bond acceptors (Lipinski definition) is 3. The maximum atomic E-state index is 14.3. The van der Waals surface area contributed by atoms with E-state index in [1.165, 1.54) is 0 Å². The van der Waals surface area contributed by atoms with E-state index in [9.17, 15) is 13.6 Å². The fourth-order valence-corrected chi connectivity index (χ4v) is 2.98. The molecule has 2 unspecified atom stereocenters. The Morgan fingerprint density at radius 2 is 2.00 bits per heavy atom. The Morgan fingerprint density at radius 1 is 1.23 bits per heavy atom. The summed E-state index contributed by atoms with van der Waals surface area (Å²) in [6, 6.07) is 8.92. The highest BCUT2D eigenvalue weighted by Crippen LogP contribution is 2.30. The van der Waals surface area contributed by atoms with Gasteiger partial charge < -0.3 is 15.4 Å². The quantitative estimate of drug-likeness (QED) is 0.825. The number of nitrogens with one attached hydrogen (secondary N) is 2. The maximum Gasteiger partial charge on any atom is 0.251 e. The predicted octanol–water partition coefficient (Wildman–Crippen LogP) is 3.23. The van der Waals surface area contributed by atoms with E-state index in [0.717, 1.165) is 18.2 Å². The van der Waals surface area contributed by atoms with Crippen LogP contribution >= 0.6 is 24.0 Å². The summed E-state index contributed by atoms with van der Waals surface area (Å²) >= 11 is 6.22. The number of benzene rings is 2. The van der Waals surface area contributed by atoms with Crippen molar-refractivity contribution >= 4 is 29.9 Å². The normalized spacial score (nSPS) is 17.9. The molecule has 1 fully saturated rings. The lowest BCUT2D eigenvalue weighted by Crippen LogP contribution is -2.48. The Bertz CT molecular complexity index is 771. The van der Waals surface area contributed by atoms with E-state index in [-0.39, 0.29) is 18.0 Å². The first-order valence-electron chi connectivity index (χ1n) is 7.88. The van der Waals surface area contributed by atoms with Crippen LogP contribution < -0.4 is 10.6 Å². The fraction of sp³-hybridized carbons (Fsp3) is 0.278. The van der Waals surface area contributed by atoms with Gasteiger partial charge in [0.2, 0.25) is 0 Å². The first-order chi connectivity index (χ1) is 12.1. The van der Waals surface area contributed by atoms with Gasteiger partial charge in [0.15, 0.2) is 0 Å². The summed E-state index contributed by atoms with van der Waals surface area (Å²) in [5.74, 6) is -1.65. The molecule has 3 rings (SSSR count). The molecule has 0 spiro atoms. The minimum absolute atomic E-state index is 0. The number of ether oxygens (including phenoxy) is 1. The largest absolute Gasteiger partial charge is 0.366 e. The number of carbonyl (C=O) groups excluding carboxylic acids is 1. The Kier molecular flexibility index (Phi) is 7.34. The zero-order valence-corrected chi connectivity index (χ0v) is 15.2. The lowest BCUT2D eigenvalue weighted by atomic mass is 9.97. The van der Waals surface area contributed by atoms with E-state index >= 15 is 0 Å². The molecular weight excluding hydrogens is 385 g/mol. The molecule has 2 atom stereocenters. The Balaban J connectivity index is 0.00000243. The van der Waals surface area contributed by atoms with Crippen LogP contribution in [0.25, 0.3) is 0 Å². The maximum absolute atomic E-state index is 14.3. The lowest BCUT2D eigenvalue weighted by molar-refractivity contribution is -0.134. The third-order valence-electron chi connectivity index (χ3n) is 3.99. The highest BCUT2D eigenvalue weighted by Gasteiger charge is 2.28. The van der Waals surface area contributed by atoms with Crippen molar-refractivity contribution in [1.82, 2.24) is 10.6 Å². The minimum atomic E-state index is -0.928. The zero-order valence-electron chi connectivity index (χ0n) is 13.7. The summed E-state index contributed by atoms with van der Waals surface area (Å²) in [7, 11) is 0. The Morgan fingerprint density at radius 3 is 2.69 bits per heavy atom. The summed E-state index contributed by atoms with van der Waals surface area (Å²) in [6.45, 7) is 1.42. The molecule has 0 bridgehead atoms. The summed E-state index contributed by atoms with van der Waals surface area (Å²) in [5.41, 5.74) is 0.482. The van der Waals surface area contributed by atoms with E-state index in [1.807, 2.05) is 0 Å². The lowest BCUT2D eigenvalue weighted by Gasteiger charge is -2.27. The molecule has 1 aliphatic heterocycles. The molecular formula is C18H18Cl2F2N2O2. The third kappa shape index (κ3) is 4.71. The molecule has 0 radical (unpaired) electrons. The van der Waals surface area contributed by atoms with Crippen LogP contribution in [0.5, 0.6) is 0 Å². The van der Waals surface area contributed by atoms with Crippen molar-refractivity contribution < 1.29 is 18.3 Å². The van der Waals surface area contributed by atoms with Gasteiger partial charge in [-0.05, 0) is 29.8 Å². The molecule has 1 heterocycles. The van der Waals surface area contributed by atoms with Crippen molar-refractivity contribution in [2.24, 2.45) is 0 Å². The van der Waals surface area contributed by atoms with Crippen molar-refractivity contribution in [3.63, 3.8) is 0 Å². The van der Waals surface area contributed by atoms with Crippen LogP contribution in [0.2, 0.25) is 5.02 Å². The Labute approximate surface area is 161 Å². The number of carbonyl (C=O) groups is 1. The molecule has 1 saturated heterocycles. The summed E-state index contributed by atoms with van der Waals surface area (Å²) in [5, 5.41) is 6.13. The second kappa shape index (κ2) is 9.28. The summed E-state index contributed by atoms with van der Waals surface area (Å²) in [4.78, 5) is 12.5. The molecule has 0 aromatic heterocycles. The van der Waals surface area contributed by atoms with Crippen molar-refractivity contribution in [1.29, 1.82) is 0 Å².